The normalized spacial score (nSPS) is 13.9. The predicted octanol–water partition coefficient (Wildman–Crippen LogP) is 4.75. The molecule has 1 fully saturated rings. The van der Waals surface area contributed by atoms with Crippen LogP contribution in [0.5, 0.6) is 5.75 Å². The topological polar surface area (TPSA) is 111 Å². The molecule has 0 heterocycles. The number of carbonyl (C=O) groups excluding carboxylic acids is 2. The van der Waals surface area contributed by atoms with Crippen LogP contribution in [-0.2, 0) is 29.8 Å². The minimum absolute atomic E-state index is 0.0468. The van der Waals surface area contributed by atoms with Gasteiger partial charge in [0.1, 0.15) is 5.75 Å². The number of ether oxygens (including phenoxy) is 2. The van der Waals surface area contributed by atoms with Gasteiger partial charge in [-0.3, -0.25) is 14.3 Å². The number of nitrogens with one attached hydrogen (secondary N) is 2. The second-order valence-electron chi connectivity index (χ2n) is 8.30. The number of hydrogen-bond acceptors (Lipinski definition) is 6. The van der Waals surface area contributed by atoms with Gasteiger partial charge in [0.2, 0.25) is 0 Å². The molecule has 1 aliphatic rings. The molecule has 0 aromatic heterocycles. The average molecular weight is 529 g/mol. The molecule has 0 radical (unpaired) electrons. The maximum absolute atomic E-state index is 12.6. The van der Waals surface area contributed by atoms with Crippen LogP contribution in [0.25, 0.3) is 0 Å². The lowest BCUT2D eigenvalue weighted by atomic mass is 9.96. The van der Waals surface area contributed by atoms with Gasteiger partial charge in [-0.15, -0.1) is 0 Å². The SMILES string of the molecule is CCOC(=O)C1(c2ccc(NC(=O)COc3ccc(S(=O)(=O)Nc4ccc(Cl)cc4)cc3)cc2)CC1. The zero-order valence-electron chi connectivity index (χ0n) is 19.5. The van der Waals surface area contributed by atoms with E-state index < -0.39 is 15.4 Å². The Balaban J connectivity index is 1.29. The van der Waals surface area contributed by atoms with E-state index in [0.29, 0.717) is 28.8 Å². The molecular weight excluding hydrogens is 504 g/mol. The molecule has 1 saturated carbocycles. The van der Waals surface area contributed by atoms with Gasteiger partial charge in [0, 0.05) is 16.4 Å². The van der Waals surface area contributed by atoms with E-state index in [1.165, 1.54) is 24.3 Å². The largest absolute Gasteiger partial charge is 0.484 e. The molecule has 8 nitrogen and oxygen atoms in total. The van der Waals surface area contributed by atoms with Gasteiger partial charge in [-0.25, -0.2) is 8.42 Å². The molecule has 0 spiro atoms. The van der Waals surface area contributed by atoms with Gasteiger partial charge in [0.15, 0.2) is 6.61 Å². The van der Waals surface area contributed by atoms with Crippen molar-refractivity contribution >= 4 is 44.9 Å². The molecule has 3 aromatic carbocycles. The minimum atomic E-state index is -3.79. The van der Waals surface area contributed by atoms with Gasteiger partial charge in [0.05, 0.1) is 16.9 Å². The van der Waals surface area contributed by atoms with Gasteiger partial charge >= 0.3 is 5.97 Å². The quantitative estimate of drug-likeness (QED) is 0.367. The number of esters is 1. The fourth-order valence-electron chi connectivity index (χ4n) is 3.67. The van der Waals surface area contributed by atoms with Crippen LogP contribution in [0.4, 0.5) is 11.4 Å². The Kier molecular flexibility index (Phi) is 7.51. The van der Waals surface area contributed by atoms with E-state index in [1.54, 1.807) is 43.3 Å². The van der Waals surface area contributed by atoms with E-state index in [2.05, 4.69) is 10.0 Å². The summed E-state index contributed by atoms with van der Waals surface area (Å²) in [5.41, 5.74) is 1.26. The van der Waals surface area contributed by atoms with Crippen LogP contribution >= 0.6 is 11.6 Å². The van der Waals surface area contributed by atoms with Crippen molar-refractivity contribution < 1.29 is 27.5 Å². The molecule has 0 aliphatic heterocycles. The number of amides is 1. The third-order valence-corrected chi connectivity index (χ3v) is 7.39. The van der Waals surface area contributed by atoms with E-state index in [1.807, 2.05) is 12.1 Å². The van der Waals surface area contributed by atoms with E-state index in [-0.39, 0.29) is 23.4 Å². The van der Waals surface area contributed by atoms with Crippen molar-refractivity contribution in [1.82, 2.24) is 0 Å². The summed E-state index contributed by atoms with van der Waals surface area (Å²) in [6, 6.07) is 19.1. The summed E-state index contributed by atoms with van der Waals surface area (Å²) in [4.78, 5) is 24.6. The number of benzene rings is 3. The van der Waals surface area contributed by atoms with E-state index >= 15 is 0 Å². The monoisotopic (exact) mass is 528 g/mol. The Bertz CT molecular complexity index is 1340. The summed E-state index contributed by atoms with van der Waals surface area (Å²) < 4.78 is 38.2. The molecule has 10 heteroatoms. The number of anilines is 2. The summed E-state index contributed by atoms with van der Waals surface area (Å²) >= 11 is 5.82. The molecule has 0 unspecified atom stereocenters. The molecule has 0 bridgehead atoms. The summed E-state index contributed by atoms with van der Waals surface area (Å²) in [6.07, 6.45) is 1.51. The number of rotatable bonds is 10. The van der Waals surface area contributed by atoms with Crippen molar-refractivity contribution in [3.63, 3.8) is 0 Å². The highest BCUT2D eigenvalue weighted by Crippen LogP contribution is 2.49. The zero-order chi connectivity index (χ0) is 25.8. The Morgan fingerprint density at radius 3 is 2.11 bits per heavy atom. The molecule has 36 heavy (non-hydrogen) atoms. The van der Waals surface area contributed by atoms with Crippen molar-refractivity contribution in [2.75, 3.05) is 23.3 Å². The Morgan fingerprint density at radius 2 is 1.53 bits per heavy atom. The summed E-state index contributed by atoms with van der Waals surface area (Å²) in [7, 11) is -3.79. The second-order valence-corrected chi connectivity index (χ2v) is 10.4. The number of hydrogen-bond donors (Lipinski definition) is 2. The fourth-order valence-corrected chi connectivity index (χ4v) is 4.86. The lowest BCUT2D eigenvalue weighted by Gasteiger charge is -2.15. The molecule has 188 valence electrons. The van der Waals surface area contributed by atoms with Crippen LogP contribution in [-0.4, -0.2) is 33.5 Å². The van der Waals surface area contributed by atoms with Crippen LogP contribution in [0.3, 0.4) is 0 Å². The van der Waals surface area contributed by atoms with Gasteiger partial charge in [-0.05, 0) is 86.0 Å². The molecule has 0 saturated heterocycles. The first-order chi connectivity index (χ1) is 17.2. The van der Waals surface area contributed by atoms with Crippen molar-refractivity contribution in [2.45, 2.75) is 30.1 Å². The van der Waals surface area contributed by atoms with Crippen molar-refractivity contribution in [3.05, 3.63) is 83.4 Å². The van der Waals surface area contributed by atoms with Crippen molar-refractivity contribution in [3.8, 4) is 5.75 Å². The zero-order valence-corrected chi connectivity index (χ0v) is 21.1. The Hall–Kier alpha value is -3.56. The average Bonchev–Trinajstić information content (AvgIpc) is 3.67. The Morgan fingerprint density at radius 1 is 0.917 bits per heavy atom. The highest BCUT2D eigenvalue weighted by atomic mass is 35.5. The van der Waals surface area contributed by atoms with Crippen molar-refractivity contribution in [2.24, 2.45) is 0 Å². The fraction of sp³-hybridized carbons (Fsp3) is 0.231. The predicted molar refractivity (Wildman–Crippen MR) is 137 cm³/mol. The van der Waals surface area contributed by atoms with E-state index in [0.717, 1.165) is 18.4 Å². The molecule has 1 amide bonds. The van der Waals surface area contributed by atoms with Crippen LogP contribution in [0.1, 0.15) is 25.3 Å². The molecule has 1 aliphatic carbocycles. The van der Waals surface area contributed by atoms with Crippen LogP contribution in [0.15, 0.2) is 77.7 Å². The first-order valence-corrected chi connectivity index (χ1v) is 13.2. The molecule has 4 rings (SSSR count). The molecule has 0 atom stereocenters. The Labute approximate surface area is 214 Å². The van der Waals surface area contributed by atoms with Gasteiger partial charge in [-0.2, -0.15) is 0 Å². The van der Waals surface area contributed by atoms with Crippen molar-refractivity contribution in [1.29, 1.82) is 0 Å². The summed E-state index contributed by atoms with van der Waals surface area (Å²) in [5, 5.41) is 3.24. The van der Waals surface area contributed by atoms with Gasteiger partial charge < -0.3 is 14.8 Å². The van der Waals surface area contributed by atoms with Gasteiger partial charge in [0.25, 0.3) is 15.9 Å². The highest BCUT2D eigenvalue weighted by Gasteiger charge is 2.52. The first kappa shape index (κ1) is 25.5. The second kappa shape index (κ2) is 10.6. The number of sulfonamides is 1. The highest BCUT2D eigenvalue weighted by molar-refractivity contribution is 7.92. The van der Waals surface area contributed by atoms with E-state index in [4.69, 9.17) is 21.1 Å². The lowest BCUT2D eigenvalue weighted by Crippen LogP contribution is -2.23. The minimum Gasteiger partial charge on any atom is -0.484 e. The van der Waals surface area contributed by atoms with Crippen LogP contribution in [0, 0.1) is 0 Å². The third kappa shape index (κ3) is 5.98. The summed E-state index contributed by atoms with van der Waals surface area (Å²) in [5.74, 6) is -0.249. The lowest BCUT2D eigenvalue weighted by molar-refractivity contribution is -0.146. The summed E-state index contributed by atoms with van der Waals surface area (Å²) in [6.45, 7) is 1.86. The smallest absolute Gasteiger partial charge is 0.316 e. The molecule has 3 aromatic rings. The standard InChI is InChI=1S/C26H25ClN2O6S/c1-2-34-25(31)26(15-16-26)18-3-7-20(8-4-18)28-24(30)17-35-22-11-13-23(14-12-22)36(32,33)29-21-9-5-19(27)6-10-21/h3-14,29H,2,15-17H2,1H3,(H,28,30). The van der Waals surface area contributed by atoms with E-state index in [9.17, 15) is 18.0 Å². The number of halogens is 1. The maximum Gasteiger partial charge on any atom is 0.316 e. The third-order valence-electron chi connectivity index (χ3n) is 5.74. The van der Waals surface area contributed by atoms with Crippen LogP contribution < -0.4 is 14.8 Å². The maximum atomic E-state index is 12.6. The first-order valence-electron chi connectivity index (χ1n) is 11.3. The molecular formula is C26H25ClN2O6S. The van der Waals surface area contributed by atoms with Crippen LogP contribution in [0.2, 0.25) is 5.02 Å². The number of carbonyl (C=O) groups is 2. The molecule has 2 N–H and O–H groups in total. The van der Waals surface area contributed by atoms with Gasteiger partial charge in [-0.1, -0.05) is 23.7 Å².